The minimum absolute atomic E-state index is 0.136. The summed E-state index contributed by atoms with van der Waals surface area (Å²) in [6.07, 6.45) is 2.89. The second kappa shape index (κ2) is 7.70. The van der Waals surface area contributed by atoms with Gasteiger partial charge in [0.25, 0.3) is 5.91 Å². The Hall–Kier alpha value is -2.67. The Morgan fingerprint density at radius 1 is 1.35 bits per heavy atom. The molecule has 1 unspecified atom stereocenters. The highest BCUT2D eigenvalue weighted by molar-refractivity contribution is 6.02. The SMILES string of the molecule is C=CC(=O)Nc1ccc2c(c1)C(C(=O)O)CN(CC1CCOCC1)C2=O. The molecule has 0 aliphatic carbocycles. The molecule has 2 aliphatic rings. The molecule has 3 rings (SSSR count). The molecule has 138 valence electrons. The molecule has 0 radical (unpaired) electrons. The van der Waals surface area contributed by atoms with E-state index in [1.165, 1.54) is 0 Å². The van der Waals surface area contributed by atoms with E-state index in [-0.39, 0.29) is 18.4 Å². The molecular formula is C19H22N2O5. The summed E-state index contributed by atoms with van der Waals surface area (Å²) in [7, 11) is 0. The molecule has 0 spiro atoms. The van der Waals surface area contributed by atoms with Crippen LogP contribution in [0.3, 0.4) is 0 Å². The minimum Gasteiger partial charge on any atom is -0.481 e. The summed E-state index contributed by atoms with van der Waals surface area (Å²) in [5, 5.41) is 12.3. The lowest BCUT2D eigenvalue weighted by molar-refractivity contribution is -0.139. The molecule has 1 saturated heterocycles. The molecule has 2 heterocycles. The lowest BCUT2D eigenvalue weighted by Gasteiger charge is -2.36. The van der Waals surface area contributed by atoms with Crippen LogP contribution >= 0.6 is 0 Å². The molecular weight excluding hydrogens is 336 g/mol. The van der Waals surface area contributed by atoms with Crippen molar-refractivity contribution in [1.82, 2.24) is 4.90 Å². The maximum atomic E-state index is 12.8. The number of nitrogens with zero attached hydrogens (tertiary/aromatic N) is 1. The number of fused-ring (bicyclic) bond motifs is 1. The van der Waals surface area contributed by atoms with Crippen LogP contribution < -0.4 is 5.32 Å². The summed E-state index contributed by atoms with van der Waals surface area (Å²) >= 11 is 0. The van der Waals surface area contributed by atoms with Crippen molar-refractivity contribution >= 4 is 23.5 Å². The Morgan fingerprint density at radius 2 is 2.08 bits per heavy atom. The first-order valence-corrected chi connectivity index (χ1v) is 8.66. The second-order valence-electron chi connectivity index (χ2n) is 6.65. The average Bonchev–Trinajstić information content (AvgIpc) is 2.64. The predicted octanol–water partition coefficient (Wildman–Crippen LogP) is 1.86. The molecule has 7 heteroatoms. The van der Waals surface area contributed by atoms with Gasteiger partial charge < -0.3 is 20.1 Å². The quantitative estimate of drug-likeness (QED) is 0.783. The van der Waals surface area contributed by atoms with E-state index < -0.39 is 11.9 Å². The molecule has 7 nitrogen and oxygen atoms in total. The van der Waals surface area contributed by atoms with Crippen LogP contribution in [0.4, 0.5) is 5.69 Å². The topological polar surface area (TPSA) is 95.9 Å². The fraction of sp³-hybridized carbons (Fsp3) is 0.421. The summed E-state index contributed by atoms with van der Waals surface area (Å²) in [5.41, 5.74) is 1.27. The molecule has 2 aliphatic heterocycles. The van der Waals surface area contributed by atoms with Gasteiger partial charge in [0.1, 0.15) is 5.92 Å². The van der Waals surface area contributed by atoms with Gasteiger partial charge in [0.15, 0.2) is 0 Å². The maximum absolute atomic E-state index is 12.8. The molecule has 0 bridgehead atoms. The van der Waals surface area contributed by atoms with Crippen LogP contribution in [0.15, 0.2) is 30.9 Å². The van der Waals surface area contributed by atoms with Crippen LogP contribution in [0.25, 0.3) is 0 Å². The first-order chi connectivity index (χ1) is 12.5. The van der Waals surface area contributed by atoms with Crippen LogP contribution in [-0.4, -0.2) is 54.1 Å². The third-order valence-corrected chi connectivity index (χ3v) is 4.92. The van der Waals surface area contributed by atoms with Crippen molar-refractivity contribution in [3.05, 3.63) is 42.0 Å². The maximum Gasteiger partial charge on any atom is 0.312 e. The number of benzene rings is 1. The van der Waals surface area contributed by atoms with Gasteiger partial charge in [-0.25, -0.2) is 0 Å². The number of nitrogens with one attached hydrogen (secondary N) is 1. The molecule has 2 N–H and O–H groups in total. The lowest BCUT2D eigenvalue weighted by Crippen LogP contribution is -2.45. The van der Waals surface area contributed by atoms with Gasteiger partial charge in [0.05, 0.1) is 0 Å². The number of carboxylic acids is 1. The minimum atomic E-state index is -0.983. The number of ether oxygens (including phenoxy) is 1. The van der Waals surface area contributed by atoms with Gasteiger partial charge in [-0.3, -0.25) is 14.4 Å². The highest BCUT2D eigenvalue weighted by atomic mass is 16.5. The number of amides is 2. The Balaban J connectivity index is 1.86. The standard InChI is InChI=1S/C19H22N2O5/c1-2-17(22)20-13-3-4-14-15(9-13)16(19(24)25)11-21(18(14)23)10-12-5-7-26-8-6-12/h2-4,9,12,16H,1,5-8,10-11H2,(H,20,22)(H,24,25). The third-order valence-electron chi connectivity index (χ3n) is 4.92. The first kappa shape index (κ1) is 18.1. The number of anilines is 1. The number of hydrogen-bond donors (Lipinski definition) is 2. The molecule has 0 aromatic heterocycles. The average molecular weight is 358 g/mol. The van der Waals surface area contributed by atoms with Gasteiger partial charge in [0.2, 0.25) is 5.91 Å². The van der Waals surface area contributed by atoms with E-state index in [9.17, 15) is 19.5 Å². The van der Waals surface area contributed by atoms with E-state index in [4.69, 9.17) is 4.74 Å². The van der Waals surface area contributed by atoms with Crippen molar-refractivity contribution in [3.63, 3.8) is 0 Å². The van der Waals surface area contributed by atoms with Gasteiger partial charge in [-0.05, 0) is 48.6 Å². The van der Waals surface area contributed by atoms with Crippen LogP contribution in [0.1, 0.15) is 34.7 Å². The van der Waals surface area contributed by atoms with Gasteiger partial charge in [-0.15, -0.1) is 0 Å². The summed E-state index contributed by atoms with van der Waals surface area (Å²) in [4.78, 5) is 37.7. The van der Waals surface area contributed by atoms with Crippen molar-refractivity contribution in [2.24, 2.45) is 5.92 Å². The highest BCUT2D eigenvalue weighted by Crippen LogP contribution is 2.32. The van der Waals surface area contributed by atoms with Crippen LogP contribution in [0, 0.1) is 5.92 Å². The van der Waals surface area contributed by atoms with E-state index in [1.807, 2.05) is 0 Å². The van der Waals surface area contributed by atoms with Crippen molar-refractivity contribution < 1.29 is 24.2 Å². The predicted molar refractivity (Wildman–Crippen MR) is 95.1 cm³/mol. The Labute approximate surface area is 151 Å². The molecule has 1 atom stereocenters. The smallest absolute Gasteiger partial charge is 0.312 e. The zero-order valence-corrected chi connectivity index (χ0v) is 14.4. The molecule has 1 fully saturated rings. The zero-order valence-electron chi connectivity index (χ0n) is 14.4. The largest absolute Gasteiger partial charge is 0.481 e. The molecule has 2 amide bonds. The first-order valence-electron chi connectivity index (χ1n) is 8.66. The number of aliphatic carboxylic acids is 1. The monoisotopic (exact) mass is 358 g/mol. The molecule has 0 saturated carbocycles. The number of hydrogen-bond acceptors (Lipinski definition) is 4. The summed E-state index contributed by atoms with van der Waals surface area (Å²) in [5.74, 6) is -2.02. The van der Waals surface area contributed by atoms with E-state index in [0.29, 0.717) is 42.5 Å². The highest BCUT2D eigenvalue weighted by Gasteiger charge is 2.36. The summed E-state index contributed by atoms with van der Waals surface area (Å²) < 4.78 is 5.35. The van der Waals surface area contributed by atoms with Crippen LogP contribution in [-0.2, 0) is 14.3 Å². The van der Waals surface area contributed by atoms with E-state index in [2.05, 4.69) is 11.9 Å². The van der Waals surface area contributed by atoms with E-state index in [0.717, 1.165) is 18.9 Å². The molecule has 1 aromatic rings. The van der Waals surface area contributed by atoms with Gasteiger partial charge in [-0.1, -0.05) is 6.58 Å². The summed E-state index contributed by atoms with van der Waals surface area (Å²) in [6, 6.07) is 4.76. The van der Waals surface area contributed by atoms with Crippen LogP contribution in [0.5, 0.6) is 0 Å². The molecule has 26 heavy (non-hydrogen) atoms. The number of carbonyl (C=O) groups is 3. The fourth-order valence-corrected chi connectivity index (χ4v) is 3.50. The van der Waals surface area contributed by atoms with Crippen molar-refractivity contribution in [2.75, 3.05) is 31.6 Å². The zero-order chi connectivity index (χ0) is 18.7. The number of carbonyl (C=O) groups excluding carboxylic acids is 2. The normalized spacial score (nSPS) is 20.4. The molecule has 1 aromatic carbocycles. The van der Waals surface area contributed by atoms with Crippen molar-refractivity contribution in [1.29, 1.82) is 0 Å². The second-order valence-corrected chi connectivity index (χ2v) is 6.65. The Kier molecular flexibility index (Phi) is 5.37. The summed E-state index contributed by atoms with van der Waals surface area (Å²) in [6.45, 7) is 5.42. The fourth-order valence-electron chi connectivity index (χ4n) is 3.50. The van der Waals surface area contributed by atoms with Gasteiger partial charge in [-0.2, -0.15) is 0 Å². The number of carboxylic acid groups (broad SMARTS) is 1. The Bertz CT molecular complexity index is 739. The van der Waals surface area contributed by atoms with Gasteiger partial charge >= 0.3 is 5.97 Å². The van der Waals surface area contributed by atoms with Crippen molar-refractivity contribution in [2.45, 2.75) is 18.8 Å². The lowest BCUT2D eigenvalue weighted by atomic mass is 9.87. The van der Waals surface area contributed by atoms with E-state index >= 15 is 0 Å². The Morgan fingerprint density at radius 3 is 2.73 bits per heavy atom. The van der Waals surface area contributed by atoms with Crippen LogP contribution in [0.2, 0.25) is 0 Å². The third kappa shape index (κ3) is 3.77. The van der Waals surface area contributed by atoms with E-state index in [1.54, 1.807) is 23.1 Å². The van der Waals surface area contributed by atoms with Crippen molar-refractivity contribution in [3.8, 4) is 0 Å². The number of rotatable bonds is 5. The van der Waals surface area contributed by atoms with Gasteiger partial charge in [0, 0.05) is 37.6 Å².